The minimum absolute atomic E-state index is 0.955. The molecular weight excluding hydrogens is 449 g/mol. The topological polar surface area (TPSA) is 28.6 Å². The number of anilines is 1. The molecular formula is C22H24IN3O. The lowest BCUT2D eigenvalue weighted by Gasteiger charge is -2.36. The number of hydrogen-bond acceptors (Lipinski definition) is 4. The summed E-state index contributed by atoms with van der Waals surface area (Å²) in [5.41, 5.74) is 4.97. The quantitative estimate of drug-likeness (QED) is 0.523. The number of rotatable bonds is 4. The summed E-state index contributed by atoms with van der Waals surface area (Å²) in [4.78, 5) is 9.59. The van der Waals surface area contributed by atoms with Crippen molar-refractivity contribution in [1.82, 2.24) is 9.88 Å². The zero-order valence-corrected chi connectivity index (χ0v) is 17.9. The van der Waals surface area contributed by atoms with Crippen LogP contribution in [0, 0.1) is 10.5 Å². The standard InChI is InChI=1S/C22H24IN3O/c1-16-19(23)14-17(18-6-5-9-24-22(16)18)15-25-10-12-26(13-11-25)20-7-3-4-8-21(20)27-2/h3-9,14H,10-13,15H2,1-2H3. The Labute approximate surface area is 174 Å². The molecule has 2 aromatic carbocycles. The zero-order valence-electron chi connectivity index (χ0n) is 15.8. The van der Waals surface area contributed by atoms with Crippen LogP contribution in [-0.2, 0) is 6.54 Å². The van der Waals surface area contributed by atoms with E-state index in [0.29, 0.717) is 0 Å². The first-order valence-electron chi connectivity index (χ1n) is 9.30. The normalized spacial score (nSPS) is 15.3. The average Bonchev–Trinajstić information content (AvgIpc) is 2.72. The largest absolute Gasteiger partial charge is 0.495 e. The maximum absolute atomic E-state index is 5.53. The predicted octanol–water partition coefficient (Wildman–Crippen LogP) is 4.48. The molecule has 0 saturated carbocycles. The van der Waals surface area contributed by atoms with Crippen molar-refractivity contribution in [3.8, 4) is 5.75 Å². The molecule has 5 heteroatoms. The second kappa shape index (κ2) is 8.02. The van der Waals surface area contributed by atoms with Gasteiger partial charge in [-0.25, -0.2) is 0 Å². The minimum atomic E-state index is 0.955. The highest BCUT2D eigenvalue weighted by Gasteiger charge is 2.20. The Morgan fingerprint density at radius 1 is 1.07 bits per heavy atom. The molecule has 0 spiro atoms. The van der Waals surface area contributed by atoms with Gasteiger partial charge in [0.05, 0.1) is 18.3 Å². The highest BCUT2D eigenvalue weighted by molar-refractivity contribution is 14.1. The number of ether oxygens (including phenoxy) is 1. The number of halogens is 1. The molecule has 0 aliphatic carbocycles. The van der Waals surface area contributed by atoms with Crippen LogP contribution in [0.25, 0.3) is 10.9 Å². The SMILES string of the molecule is COc1ccccc1N1CCN(Cc2cc(I)c(C)c3ncccc23)CC1. The van der Waals surface area contributed by atoms with E-state index in [4.69, 9.17) is 4.74 Å². The van der Waals surface area contributed by atoms with Crippen LogP contribution in [0.3, 0.4) is 0 Å². The fraction of sp³-hybridized carbons (Fsp3) is 0.318. The van der Waals surface area contributed by atoms with E-state index in [2.05, 4.69) is 68.6 Å². The number of benzene rings is 2. The summed E-state index contributed by atoms with van der Waals surface area (Å²) in [6, 6.07) is 14.9. The molecule has 3 aromatic rings. The van der Waals surface area contributed by atoms with Crippen LogP contribution in [-0.4, -0.2) is 43.2 Å². The number of aryl methyl sites for hydroxylation is 1. The van der Waals surface area contributed by atoms with E-state index in [9.17, 15) is 0 Å². The number of nitrogens with zero attached hydrogens (tertiary/aromatic N) is 3. The summed E-state index contributed by atoms with van der Waals surface area (Å²) in [6.45, 7) is 7.25. The molecule has 1 fully saturated rings. The van der Waals surface area contributed by atoms with Crippen molar-refractivity contribution >= 4 is 39.2 Å². The van der Waals surface area contributed by atoms with Crippen molar-refractivity contribution in [2.24, 2.45) is 0 Å². The number of aromatic nitrogens is 1. The fourth-order valence-electron chi connectivity index (χ4n) is 3.82. The molecule has 0 unspecified atom stereocenters. The lowest BCUT2D eigenvalue weighted by molar-refractivity contribution is 0.250. The van der Waals surface area contributed by atoms with Crippen molar-refractivity contribution in [1.29, 1.82) is 0 Å². The Kier molecular flexibility index (Phi) is 5.50. The van der Waals surface area contributed by atoms with Gasteiger partial charge in [-0.2, -0.15) is 0 Å². The highest BCUT2D eigenvalue weighted by Crippen LogP contribution is 2.30. The Hall–Kier alpha value is -1.86. The highest BCUT2D eigenvalue weighted by atomic mass is 127. The van der Waals surface area contributed by atoms with E-state index >= 15 is 0 Å². The lowest BCUT2D eigenvalue weighted by Crippen LogP contribution is -2.46. The van der Waals surface area contributed by atoms with Crippen LogP contribution in [0.15, 0.2) is 48.7 Å². The molecule has 140 valence electrons. The molecule has 0 amide bonds. The maximum Gasteiger partial charge on any atom is 0.142 e. The van der Waals surface area contributed by atoms with Crippen LogP contribution < -0.4 is 9.64 Å². The zero-order chi connectivity index (χ0) is 18.8. The van der Waals surface area contributed by atoms with E-state index in [0.717, 1.165) is 44.0 Å². The van der Waals surface area contributed by atoms with Crippen molar-refractivity contribution < 1.29 is 4.74 Å². The second-order valence-electron chi connectivity index (χ2n) is 6.98. The molecule has 1 aliphatic heterocycles. The Bertz CT molecular complexity index is 951. The summed E-state index contributed by atoms with van der Waals surface area (Å²) in [5, 5.41) is 1.28. The van der Waals surface area contributed by atoms with Crippen LogP contribution in [0.1, 0.15) is 11.1 Å². The molecule has 4 nitrogen and oxygen atoms in total. The van der Waals surface area contributed by atoms with Crippen LogP contribution in [0.2, 0.25) is 0 Å². The van der Waals surface area contributed by atoms with Crippen molar-refractivity contribution in [3.05, 3.63) is 63.4 Å². The van der Waals surface area contributed by atoms with E-state index in [-0.39, 0.29) is 0 Å². The van der Waals surface area contributed by atoms with Gasteiger partial charge in [-0.05, 0) is 64.9 Å². The number of fused-ring (bicyclic) bond motifs is 1. The van der Waals surface area contributed by atoms with Gasteiger partial charge >= 0.3 is 0 Å². The summed E-state index contributed by atoms with van der Waals surface area (Å²) in [5.74, 6) is 0.955. The van der Waals surface area contributed by atoms with Gasteiger partial charge in [-0.15, -0.1) is 0 Å². The van der Waals surface area contributed by atoms with Gasteiger partial charge in [-0.1, -0.05) is 18.2 Å². The van der Waals surface area contributed by atoms with E-state index in [1.807, 2.05) is 24.4 Å². The van der Waals surface area contributed by atoms with E-state index < -0.39 is 0 Å². The number of para-hydroxylation sites is 2. The van der Waals surface area contributed by atoms with Gasteiger partial charge in [0.15, 0.2) is 0 Å². The molecule has 1 saturated heterocycles. The molecule has 1 aromatic heterocycles. The number of piperazine rings is 1. The van der Waals surface area contributed by atoms with Gasteiger partial charge in [0.2, 0.25) is 0 Å². The van der Waals surface area contributed by atoms with Gasteiger partial charge in [0.25, 0.3) is 0 Å². The van der Waals surface area contributed by atoms with Crippen molar-refractivity contribution in [3.63, 3.8) is 0 Å². The second-order valence-corrected chi connectivity index (χ2v) is 8.14. The monoisotopic (exact) mass is 473 g/mol. The molecule has 27 heavy (non-hydrogen) atoms. The fourth-order valence-corrected chi connectivity index (χ4v) is 4.46. The summed E-state index contributed by atoms with van der Waals surface area (Å²) in [6.07, 6.45) is 1.89. The van der Waals surface area contributed by atoms with Gasteiger partial charge < -0.3 is 9.64 Å². The number of methoxy groups -OCH3 is 1. The summed E-state index contributed by atoms with van der Waals surface area (Å²) in [7, 11) is 1.74. The van der Waals surface area contributed by atoms with Gasteiger partial charge in [0, 0.05) is 47.9 Å². The average molecular weight is 473 g/mol. The Balaban J connectivity index is 1.50. The predicted molar refractivity (Wildman–Crippen MR) is 120 cm³/mol. The molecule has 0 atom stereocenters. The van der Waals surface area contributed by atoms with E-state index in [1.54, 1.807) is 7.11 Å². The van der Waals surface area contributed by atoms with Gasteiger partial charge in [-0.3, -0.25) is 9.88 Å². The number of pyridine rings is 1. The van der Waals surface area contributed by atoms with E-state index in [1.165, 1.54) is 25.8 Å². The third kappa shape index (κ3) is 3.75. The van der Waals surface area contributed by atoms with Crippen molar-refractivity contribution in [2.45, 2.75) is 13.5 Å². The summed E-state index contributed by atoms with van der Waals surface area (Å²) < 4.78 is 6.82. The molecule has 0 N–H and O–H groups in total. The molecule has 0 radical (unpaired) electrons. The molecule has 1 aliphatic rings. The smallest absolute Gasteiger partial charge is 0.142 e. The molecule has 4 rings (SSSR count). The van der Waals surface area contributed by atoms with Gasteiger partial charge in [0.1, 0.15) is 5.75 Å². The van der Waals surface area contributed by atoms with Crippen LogP contribution >= 0.6 is 22.6 Å². The summed E-state index contributed by atoms with van der Waals surface area (Å²) >= 11 is 2.43. The lowest BCUT2D eigenvalue weighted by atomic mass is 10.0. The Morgan fingerprint density at radius 2 is 1.85 bits per heavy atom. The van der Waals surface area contributed by atoms with Crippen molar-refractivity contribution in [2.75, 3.05) is 38.2 Å². The third-order valence-corrected chi connectivity index (χ3v) is 6.48. The first-order valence-corrected chi connectivity index (χ1v) is 10.4. The molecule has 0 bridgehead atoms. The first-order chi connectivity index (χ1) is 13.2. The minimum Gasteiger partial charge on any atom is -0.495 e. The number of hydrogen-bond donors (Lipinski definition) is 0. The maximum atomic E-state index is 5.53. The van der Waals surface area contributed by atoms with Crippen LogP contribution in [0.4, 0.5) is 5.69 Å². The van der Waals surface area contributed by atoms with Crippen LogP contribution in [0.5, 0.6) is 5.75 Å². The molecule has 2 heterocycles. The Morgan fingerprint density at radius 3 is 2.63 bits per heavy atom. The first kappa shape index (κ1) is 18.5. The third-order valence-electron chi connectivity index (χ3n) is 5.36.